The molecule has 5 nitrogen and oxygen atoms in total. The summed E-state index contributed by atoms with van der Waals surface area (Å²) in [5, 5.41) is 10.7. The molecule has 2 N–H and O–H groups in total. The van der Waals surface area contributed by atoms with Crippen LogP contribution in [0.4, 0.5) is 11.4 Å². The molecule has 2 rings (SSSR count). The number of hydrogen-bond donors (Lipinski definition) is 1. The van der Waals surface area contributed by atoms with Crippen LogP contribution in [0.5, 0.6) is 0 Å². The van der Waals surface area contributed by atoms with Crippen molar-refractivity contribution in [2.75, 3.05) is 5.73 Å². The smallest absolute Gasteiger partial charge is 0.271 e. The lowest BCUT2D eigenvalue weighted by molar-refractivity contribution is -0.384. The number of nitrogens with two attached hydrogens (primary N) is 1. The SMILES string of the molecule is Nc1cc(CCCc2cccnc2)cc([N+](=O)[O-])c1. The summed E-state index contributed by atoms with van der Waals surface area (Å²) in [6, 6.07) is 8.68. The van der Waals surface area contributed by atoms with Crippen LogP contribution < -0.4 is 5.73 Å². The average Bonchev–Trinajstić information content (AvgIpc) is 2.39. The van der Waals surface area contributed by atoms with Gasteiger partial charge in [0.2, 0.25) is 0 Å². The third-order valence-corrected chi connectivity index (χ3v) is 2.86. The largest absolute Gasteiger partial charge is 0.399 e. The fourth-order valence-corrected chi connectivity index (χ4v) is 1.99. The molecule has 0 radical (unpaired) electrons. The van der Waals surface area contributed by atoms with Crippen LogP contribution in [0.3, 0.4) is 0 Å². The second-order valence-corrected chi connectivity index (χ2v) is 4.40. The molecular weight excluding hydrogens is 242 g/mol. The van der Waals surface area contributed by atoms with Crippen LogP contribution >= 0.6 is 0 Å². The molecule has 0 fully saturated rings. The minimum absolute atomic E-state index is 0.0522. The molecule has 2 aromatic rings. The van der Waals surface area contributed by atoms with Crippen molar-refractivity contribution in [3.8, 4) is 0 Å². The maximum atomic E-state index is 10.7. The topological polar surface area (TPSA) is 82.0 Å². The molecule has 0 atom stereocenters. The molecule has 0 aliphatic heterocycles. The maximum Gasteiger partial charge on any atom is 0.271 e. The molecule has 19 heavy (non-hydrogen) atoms. The molecule has 98 valence electrons. The molecule has 5 heteroatoms. The van der Waals surface area contributed by atoms with E-state index in [1.165, 1.54) is 11.6 Å². The summed E-state index contributed by atoms with van der Waals surface area (Å²) < 4.78 is 0. The molecular formula is C14H15N3O2. The van der Waals surface area contributed by atoms with Gasteiger partial charge in [0, 0.05) is 30.2 Å². The van der Waals surface area contributed by atoms with E-state index in [0.717, 1.165) is 24.8 Å². The van der Waals surface area contributed by atoms with Crippen molar-refractivity contribution in [2.24, 2.45) is 0 Å². The summed E-state index contributed by atoms with van der Waals surface area (Å²) in [7, 11) is 0. The molecule has 1 heterocycles. The molecule has 1 aromatic heterocycles. The highest BCUT2D eigenvalue weighted by molar-refractivity contribution is 5.50. The summed E-state index contributed by atoms with van der Waals surface area (Å²) in [6.45, 7) is 0. The first-order valence-electron chi connectivity index (χ1n) is 6.08. The fraction of sp³-hybridized carbons (Fsp3) is 0.214. The van der Waals surface area contributed by atoms with E-state index in [2.05, 4.69) is 4.98 Å². The molecule has 0 saturated heterocycles. The maximum absolute atomic E-state index is 10.7. The zero-order valence-electron chi connectivity index (χ0n) is 10.5. The van der Waals surface area contributed by atoms with Gasteiger partial charge in [-0.3, -0.25) is 15.1 Å². The van der Waals surface area contributed by atoms with Gasteiger partial charge in [-0.1, -0.05) is 6.07 Å². The van der Waals surface area contributed by atoms with E-state index in [0.29, 0.717) is 5.69 Å². The second kappa shape index (κ2) is 5.95. The fourth-order valence-electron chi connectivity index (χ4n) is 1.99. The van der Waals surface area contributed by atoms with E-state index in [1.54, 1.807) is 18.3 Å². The Balaban J connectivity index is 1.98. The van der Waals surface area contributed by atoms with E-state index < -0.39 is 4.92 Å². The van der Waals surface area contributed by atoms with Crippen molar-refractivity contribution in [3.05, 3.63) is 64.0 Å². The van der Waals surface area contributed by atoms with Crippen LogP contribution in [0.2, 0.25) is 0 Å². The molecule has 1 aromatic carbocycles. The Morgan fingerprint density at radius 2 is 2.00 bits per heavy atom. The predicted octanol–water partition coefficient (Wildman–Crippen LogP) is 2.75. The number of nitro groups is 1. The third-order valence-electron chi connectivity index (χ3n) is 2.86. The van der Waals surface area contributed by atoms with Gasteiger partial charge in [0.25, 0.3) is 5.69 Å². The highest BCUT2D eigenvalue weighted by Gasteiger charge is 2.08. The number of non-ortho nitro benzene ring substituents is 1. The van der Waals surface area contributed by atoms with E-state index in [1.807, 2.05) is 18.3 Å². The van der Waals surface area contributed by atoms with Crippen molar-refractivity contribution in [1.29, 1.82) is 0 Å². The predicted molar refractivity (Wildman–Crippen MR) is 73.8 cm³/mol. The lowest BCUT2D eigenvalue weighted by Gasteiger charge is -2.03. The Hall–Kier alpha value is -2.43. The Morgan fingerprint density at radius 1 is 1.21 bits per heavy atom. The van der Waals surface area contributed by atoms with Crippen molar-refractivity contribution in [3.63, 3.8) is 0 Å². The number of pyridine rings is 1. The van der Waals surface area contributed by atoms with Gasteiger partial charge < -0.3 is 5.73 Å². The number of nitrogen functional groups attached to an aromatic ring is 1. The zero-order chi connectivity index (χ0) is 13.7. The molecule has 0 unspecified atom stereocenters. The molecule has 0 saturated carbocycles. The Kier molecular flexibility index (Phi) is 4.07. The van der Waals surface area contributed by atoms with Gasteiger partial charge in [0.15, 0.2) is 0 Å². The van der Waals surface area contributed by atoms with Crippen LogP contribution in [0.1, 0.15) is 17.5 Å². The number of benzene rings is 1. The second-order valence-electron chi connectivity index (χ2n) is 4.40. The molecule has 0 bridgehead atoms. The monoisotopic (exact) mass is 257 g/mol. The summed E-state index contributed by atoms with van der Waals surface area (Å²) in [6.07, 6.45) is 6.15. The van der Waals surface area contributed by atoms with Crippen molar-refractivity contribution >= 4 is 11.4 Å². The number of aromatic nitrogens is 1. The number of aryl methyl sites for hydroxylation is 2. The van der Waals surface area contributed by atoms with E-state index in [9.17, 15) is 10.1 Å². The quantitative estimate of drug-likeness (QED) is 0.507. The van der Waals surface area contributed by atoms with Crippen LogP contribution in [0.15, 0.2) is 42.7 Å². The highest BCUT2D eigenvalue weighted by Crippen LogP contribution is 2.20. The van der Waals surface area contributed by atoms with Gasteiger partial charge in [-0.2, -0.15) is 0 Å². The standard InChI is InChI=1S/C14H15N3O2/c15-13-7-12(8-14(9-13)17(18)19)4-1-3-11-5-2-6-16-10-11/h2,5-10H,1,3-4,15H2. The number of rotatable bonds is 5. The van der Waals surface area contributed by atoms with Crippen LogP contribution in [-0.2, 0) is 12.8 Å². The Morgan fingerprint density at radius 3 is 2.68 bits per heavy atom. The van der Waals surface area contributed by atoms with Crippen molar-refractivity contribution in [1.82, 2.24) is 4.98 Å². The van der Waals surface area contributed by atoms with Crippen molar-refractivity contribution < 1.29 is 4.92 Å². The van der Waals surface area contributed by atoms with Crippen molar-refractivity contribution in [2.45, 2.75) is 19.3 Å². The van der Waals surface area contributed by atoms with Gasteiger partial charge in [-0.15, -0.1) is 0 Å². The van der Waals surface area contributed by atoms with Crippen LogP contribution in [0, 0.1) is 10.1 Å². The summed E-state index contributed by atoms with van der Waals surface area (Å²) >= 11 is 0. The minimum Gasteiger partial charge on any atom is -0.399 e. The Bertz CT molecular complexity index is 570. The summed E-state index contributed by atoms with van der Waals surface area (Å²) in [5.41, 5.74) is 8.22. The Labute approximate surface area is 111 Å². The van der Waals surface area contributed by atoms with Gasteiger partial charge in [-0.25, -0.2) is 0 Å². The molecule has 0 amide bonds. The number of nitro benzene ring substituents is 1. The van der Waals surface area contributed by atoms with E-state index in [4.69, 9.17) is 5.73 Å². The van der Waals surface area contributed by atoms with E-state index >= 15 is 0 Å². The number of nitrogens with zero attached hydrogens (tertiary/aromatic N) is 2. The number of anilines is 1. The van der Waals surface area contributed by atoms with Gasteiger partial charge in [0.1, 0.15) is 0 Å². The zero-order valence-corrected chi connectivity index (χ0v) is 10.5. The lowest BCUT2D eigenvalue weighted by atomic mass is 10.0. The van der Waals surface area contributed by atoms with Crippen LogP contribution in [-0.4, -0.2) is 9.91 Å². The number of hydrogen-bond acceptors (Lipinski definition) is 4. The van der Waals surface area contributed by atoms with Gasteiger partial charge in [-0.05, 0) is 42.5 Å². The molecule has 0 aliphatic carbocycles. The first-order chi connectivity index (χ1) is 9.15. The molecule has 0 spiro atoms. The average molecular weight is 257 g/mol. The normalized spacial score (nSPS) is 10.3. The first-order valence-corrected chi connectivity index (χ1v) is 6.08. The third kappa shape index (κ3) is 3.77. The minimum atomic E-state index is -0.416. The van der Waals surface area contributed by atoms with Crippen LogP contribution in [0.25, 0.3) is 0 Å². The lowest BCUT2D eigenvalue weighted by Crippen LogP contribution is -1.96. The van der Waals surface area contributed by atoms with E-state index in [-0.39, 0.29) is 5.69 Å². The van der Waals surface area contributed by atoms with Gasteiger partial charge in [0.05, 0.1) is 4.92 Å². The summed E-state index contributed by atoms with van der Waals surface area (Å²) in [5.74, 6) is 0. The molecule has 0 aliphatic rings. The highest BCUT2D eigenvalue weighted by atomic mass is 16.6. The summed E-state index contributed by atoms with van der Waals surface area (Å²) in [4.78, 5) is 14.4. The van der Waals surface area contributed by atoms with Gasteiger partial charge >= 0.3 is 0 Å². The first kappa shape index (κ1) is 13.0.